The highest BCUT2D eigenvalue weighted by molar-refractivity contribution is 5.98. The van der Waals surface area contributed by atoms with Crippen molar-refractivity contribution in [2.75, 3.05) is 19.8 Å². The third-order valence-corrected chi connectivity index (χ3v) is 6.55. The topological polar surface area (TPSA) is 67.9 Å². The van der Waals surface area contributed by atoms with E-state index in [1.54, 1.807) is 30.3 Å². The summed E-state index contributed by atoms with van der Waals surface area (Å²) in [6.07, 6.45) is 0.636. The Kier molecular flexibility index (Phi) is 8.17. The number of benzene rings is 4. The summed E-state index contributed by atoms with van der Waals surface area (Å²) in [4.78, 5) is 29.4. The van der Waals surface area contributed by atoms with E-state index in [1.807, 2.05) is 60.7 Å². The Labute approximate surface area is 227 Å². The van der Waals surface area contributed by atoms with Crippen LogP contribution in [0.25, 0.3) is 0 Å². The number of carbonyl (C=O) groups excluding carboxylic acids is 2. The average molecular weight is 525 g/mol. The zero-order valence-corrected chi connectivity index (χ0v) is 21.4. The number of halogens is 1. The lowest BCUT2D eigenvalue weighted by molar-refractivity contribution is -0.126. The maximum atomic E-state index is 14.1. The molecule has 0 spiro atoms. The van der Waals surface area contributed by atoms with Crippen LogP contribution in [0, 0.1) is 5.82 Å². The Morgan fingerprint density at radius 3 is 2.13 bits per heavy atom. The second-order valence-electron chi connectivity index (χ2n) is 9.26. The van der Waals surface area contributed by atoms with Gasteiger partial charge in [-0.3, -0.25) is 9.59 Å². The van der Waals surface area contributed by atoms with Crippen molar-refractivity contribution in [1.29, 1.82) is 0 Å². The molecule has 6 nitrogen and oxygen atoms in total. The van der Waals surface area contributed by atoms with Crippen molar-refractivity contribution in [3.05, 3.63) is 131 Å². The minimum Gasteiger partial charge on any atom is -0.486 e. The van der Waals surface area contributed by atoms with Gasteiger partial charge in [0, 0.05) is 18.7 Å². The molecule has 0 aromatic heterocycles. The van der Waals surface area contributed by atoms with Gasteiger partial charge in [-0.25, -0.2) is 4.39 Å². The van der Waals surface area contributed by atoms with Gasteiger partial charge < -0.3 is 19.7 Å². The number of amides is 2. The predicted molar refractivity (Wildman–Crippen MR) is 146 cm³/mol. The summed E-state index contributed by atoms with van der Waals surface area (Å²) in [6.45, 7) is 1.39. The van der Waals surface area contributed by atoms with Gasteiger partial charge in [0.05, 0.1) is 0 Å². The molecule has 1 atom stereocenters. The fourth-order valence-electron chi connectivity index (χ4n) is 4.59. The van der Waals surface area contributed by atoms with Gasteiger partial charge in [0.2, 0.25) is 5.91 Å². The molecule has 1 aliphatic rings. The lowest BCUT2D eigenvalue weighted by atomic mass is 10.0. The van der Waals surface area contributed by atoms with Crippen LogP contribution in [0.4, 0.5) is 4.39 Å². The van der Waals surface area contributed by atoms with Crippen LogP contribution >= 0.6 is 0 Å². The number of fused-ring (bicyclic) bond motifs is 1. The number of hydrogen-bond donors (Lipinski definition) is 1. The van der Waals surface area contributed by atoms with Gasteiger partial charge in [-0.2, -0.15) is 0 Å². The van der Waals surface area contributed by atoms with E-state index in [4.69, 9.17) is 9.47 Å². The molecule has 0 saturated carbocycles. The molecule has 4 aromatic carbocycles. The second kappa shape index (κ2) is 12.3. The first-order valence-electron chi connectivity index (χ1n) is 12.9. The quantitative estimate of drug-likeness (QED) is 0.321. The number of rotatable bonds is 9. The molecule has 0 aliphatic carbocycles. The van der Waals surface area contributed by atoms with Crippen LogP contribution in [-0.4, -0.2) is 36.5 Å². The van der Waals surface area contributed by atoms with Crippen LogP contribution in [0.15, 0.2) is 103 Å². The van der Waals surface area contributed by atoms with Crippen LogP contribution in [0.2, 0.25) is 0 Å². The second-order valence-corrected chi connectivity index (χ2v) is 9.26. The molecule has 0 fully saturated rings. The Hall–Kier alpha value is -4.65. The largest absolute Gasteiger partial charge is 0.486 e. The van der Waals surface area contributed by atoms with E-state index >= 15 is 0 Å². The molecule has 0 bridgehead atoms. The van der Waals surface area contributed by atoms with Gasteiger partial charge in [-0.15, -0.1) is 0 Å². The normalized spacial score (nSPS) is 12.8. The summed E-state index contributed by atoms with van der Waals surface area (Å²) in [7, 11) is 0. The summed E-state index contributed by atoms with van der Waals surface area (Å²) < 4.78 is 25.2. The standard InChI is InChI=1S/C32H29FN2O4/c33-27-14-11-25(12-15-27)30(31(36)34-18-17-23-7-3-1-4-8-23)35(22-24-9-5-2-6-10-24)32(37)26-13-16-28-29(21-26)39-20-19-38-28/h1-16,21,30H,17-20,22H2,(H,34,36)/t30-/m1/s1. The SMILES string of the molecule is O=C(NCCc1ccccc1)[C@@H](c1ccc(F)cc1)N(Cc1ccccc1)C(=O)c1ccc2c(c1)OCCO2. The van der Waals surface area contributed by atoms with Gasteiger partial charge in [0.25, 0.3) is 5.91 Å². The molecular weight excluding hydrogens is 495 g/mol. The summed E-state index contributed by atoms with van der Waals surface area (Å²) >= 11 is 0. The summed E-state index contributed by atoms with van der Waals surface area (Å²) in [5.74, 6) is -0.0731. The Bertz CT molecular complexity index is 1410. The fraction of sp³-hybridized carbons (Fsp3) is 0.188. The van der Waals surface area contributed by atoms with Crippen molar-refractivity contribution in [2.45, 2.75) is 19.0 Å². The zero-order valence-electron chi connectivity index (χ0n) is 21.4. The number of carbonyl (C=O) groups is 2. The molecule has 0 radical (unpaired) electrons. The average Bonchev–Trinajstić information content (AvgIpc) is 2.98. The van der Waals surface area contributed by atoms with Gasteiger partial charge in [0.15, 0.2) is 11.5 Å². The van der Waals surface area contributed by atoms with E-state index in [9.17, 15) is 14.0 Å². The highest BCUT2D eigenvalue weighted by Crippen LogP contribution is 2.33. The molecule has 4 aromatic rings. The van der Waals surface area contributed by atoms with Gasteiger partial charge >= 0.3 is 0 Å². The highest BCUT2D eigenvalue weighted by Gasteiger charge is 2.33. The number of hydrogen-bond acceptors (Lipinski definition) is 4. The smallest absolute Gasteiger partial charge is 0.255 e. The van der Waals surface area contributed by atoms with Gasteiger partial charge in [-0.1, -0.05) is 72.8 Å². The summed E-state index contributed by atoms with van der Waals surface area (Å²) in [6, 6.07) is 29.0. The number of ether oxygens (including phenoxy) is 2. The molecule has 5 rings (SSSR count). The molecule has 2 amide bonds. The lowest BCUT2D eigenvalue weighted by Gasteiger charge is -2.32. The zero-order chi connectivity index (χ0) is 27.0. The van der Waals surface area contributed by atoms with E-state index in [0.29, 0.717) is 48.8 Å². The van der Waals surface area contributed by atoms with Gasteiger partial charge in [0.1, 0.15) is 25.1 Å². The molecule has 0 saturated heterocycles. The predicted octanol–water partition coefficient (Wildman–Crippen LogP) is 5.34. The Morgan fingerprint density at radius 2 is 1.44 bits per heavy atom. The van der Waals surface area contributed by atoms with Crippen molar-refractivity contribution >= 4 is 11.8 Å². The third-order valence-electron chi connectivity index (χ3n) is 6.55. The molecule has 1 N–H and O–H groups in total. The van der Waals surface area contributed by atoms with E-state index in [2.05, 4.69) is 5.32 Å². The van der Waals surface area contributed by atoms with E-state index in [1.165, 1.54) is 17.0 Å². The minimum atomic E-state index is -0.998. The van der Waals surface area contributed by atoms with E-state index in [-0.39, 0.29) is 18.4 Å². The molecule has 1 aliphatic heterocycles. The Morgan fingerprint density at radius 1 is 0.795 bits per heavy atom. The van der Waals surface area contributed by atoms with Crippen LogP contribution in [0.1, 0.15) is 33.1 Å². The highest BCUT2D eigenvalue weighted by atomic mass is 19.1. The van der Waals surface area contributed by atoms with E-state index < -0.39 is 11.9 Å². The third kappa shape index (κ3) is 6.44. The van der Waals surface area contributed by atoms with Crippen molar-refractivity contribution in [2.24, 2.45) is 0 Å². The number of nitrogens with zero attached hydrogens (tertiary/aromatic N) is 1. The van der Waals surface area contributed by atoms with Crippen LogP contribution in [0.5, 0.6) is 11.5 Å². The molecule has 0 unspecified atom stereocenters. The summed E-state index contributed by atoms with van der Waals surface area (Å²) in [5, 5.41) is 3.00. The first kappa shape index (κ1) is 26.0. The molecule has 7 heteroatoms. The lowest BCUT2D eigenvalue weighted by Crippen LogP contribution is -2.44. The maximum Gasteiger partial charge on any atom is 0.255 e. The molecular formula is C32H29FN2O4. The maximum absolute atomic E-state index is 14.1. The fourth-order valence-corrected chi connectivity index (χ4v) is 4.59. The molecule has 39 heavy (non-hydrogen) atoms. The first-order chi connectivity index (χ1) is 19.1. The van der Waals surface area contributed by atoms with Crippen molar-refractivity contribution in [3.63, 3.8) is 0 Å². The van der Waals surface area contributed by atoms with E-state index in [0.717, 1.165) is 11.1 Å². The van der Waals surface area contributed by atoms with Crippen LogP contribution in [0.3, 0.4) is 0 Å². The molecule has 1 heterocycles. The first-order valence-corrected chi connectivity index (χ1v) is 12.9. The van der Waals surface area contributed by atoms with Crippen molar-refractivity contribution < 1.29 is 23.5 Å². The number of nitrogens with one attached hydrogen (secondary N) is 1. The summed E-state index contributed by atoms with van der Waals surface area (Å²) in [5.41, 5.74) is 2.81. The van der Waals surface area contributed by atoms with Crippen molar-refractivity contribution in [3.8, 4) is 11.5 Å². The van der Waals surface area contributed by atoms with Crippen LogP contribution in [-0.2, 0) is 17.8 Å². The van der Waals surface area contributed by atoms with Crippen LogP contribution < -0.4 is 14.8 Å². The van der Waals surface area contributed by atoms with Gasteiger partial charge in [-0.05, 0) is 53.4 Å². The molecule has 198 valence electrons. The minimum absolute atomic E-state index is 0.169. The van der Waals surface area contributed by atoms with Crippen molar-refractivity contribution in [1.82, 2.24) is 10.2 Å². The Balaban J connectivity index is 1.48. The monoisotopic (exact) mass is 524 g/mol.